The molecule has 1 aliphatic carbocycles. The first kappa shape index (κ1) is 19.2. The lowest BCUT2D eigenvalue weighted by Crippen LogP contribution is -2.46. The van der Waals surface area contributed by atoms with Crippen LogP contribution in [-0.2, 0) is 17.6 Å². The van der Waals surface area contributed by atoms with Gasteiger partial charge in [-0.3, -0.25) is 9.59 Å². The minimum Gasteiger partial charge on any atom is -0.360 e. The van der Waals surface area contributed by atoms with Gasteiger partial charge in [0.2, 0.25) is 0 Å². The van der Waals surface area contributed by atoms with Gasteiger partial charge in [0, 0.05) is 17.9 Å². The summed E-state index contributed by atoms with van der Waals surface area (Å²) in [6.45, 7) is 2.57. The number of pyridine rings is 1. The second kappa shape index (κ2) is 8.10. The molecule has 1 aliphatic heterocycles. The Morgan fingerprint density at radius 2 is 2.07 bits per heavy atom. The van der Waals surface area contributed by atoms with Crippen molar-refractivity contribution < 1.29 is 9.53 Å². The van der Waals surface area contributed by atoms with Crippen LogP contribution in [0.3, 0.4) is 0 Å². The molecule has 2 aliphatic rings. The van der Waals surface area contributed by atoms with Crippen molar-refractivity contribution >= 4 is 17.3 Å². The first-order chi connectivity index (χ1) is 14.0. The van der Waals surface area contributed by atoms with E-state index in [4.69, 9.17) is 10.00 Å². The van der Waals surface area contributed by atoms with Crippen molar-refractivity contribution in [3.05, 3.63) is 57.0 Å². The second-order valence-corrected chi connectivity index (χ2v) is 7.63. The predicted molar refractivity (Wildman–Crippen MR) is 109 cm³/mol. The lowest BCUT2D eigenvalue weighted by Gasteiger charge is -2.30. The van der Waals surface area contributed by atoms with Crippen molar-refractivity contribution in [2.24, 2.45) is 0 Å². The molecule has 1 amide bonds. The van der Waals surface area contributed by atoms with Gasteiger partial charge in [-0.25, -0.2) is 0 Å². The maximum absolute atomic E-state index is 13.1. The lowest BCUT2D eigenvalue weighted by atomic mass is 9.91. The van der Waals surface area contributed by atoms with Gasteiger partial charge < -0.3 is 19.9 Å². The fourth-order valence-electron chi connectivity index (χ4n) is 4.04. The van der Waals surface area contributed by atoms with E-state index in [9.17, 15) is 9.59 Å². The molecule has 0 spiro atoms. The number of morpholine rings is 1. The third kappa shape index (κ3) is 4.03. The summed E-state index contributed by atoms with van der Waals surface area (Å²) in [7, 11) is 0. The van der Waals surface area contributed by atoms with Crippen molar-refractivity contribution in [3.8, 4) is 6.07 Å². The summed E-state index contributed by atoms with van der Waals surface area (Å²) >= 11 is 0. The molecule has 1 aromatic carbocycles. The Balaban J connectivity index is 1.66. The Kier molecular flexibility index (Phi) is 5.36. The first-order valence-electron chi connectivity index (χ1n) is 9.98. The number of carbonyl (C=O) groups is 1. The number of amides is 1. The Hall–Kier alpha value is -3.11. The van der Waals surface area contributed by atoms with Gasteiger partial charge in [-0.2, -0.15) is 5.26 Å². The van der Waals surface area contributed by atoms with E-state index in [1.807, 2.05) is 12.1 Å². The van der Waals surface area contributed by atoms with Gasteiger partial charge in [0.25, 0.3) is 11.5 Å². The average Bonchev–Trinajstić information content (AvgIpc) is 2.73. The van der Waals surface area contributed by atoms with Gasteiger partial charge in [-0.1, -0.05) is 6.07 Å². The van der Waals surface area contributed by atoms with Gasteiger partial charge in [-0.15, -0.1) is 0 Å². The molecule has 1 saturated heterocycles. The molecule has 0 radical (unpaired) electrons. The quantitative estimate of drug-likeness (QED) is 0.837. The van der Waals surface area contributed by atoms with E-state index in [0.717, 1.165) is 18.5 Å². The minimum absolute atomic E-state index is 0.0620. The van der Waals surface area contributed by atoms with Crippen molar-refractivity contribution in [1.29, 1.82) is 5.26 Å². The Labute approximate surface area is 169 Å². The fourth-order valence-corrected chi connectivity index (χ4v) is 4.04. The number of fused-ring (bicyclic) bond motifs is 1. The highest BCUT2D eigenvalue weighted by Gasteiger charge is 2.28. The minimum atomic E-state index is -0.672. The number of nitrogens with one attached hydrogen (secondary N) is 2. The van der Waals surface area contributed by atoms with Crippen LogP contribution >= 0.6 is 0 Å². The standard InChI is InChI=1S/C22H24N4O3/c1-14-10-19(25-17-7-6-15-4-2-3-5-16(15)11-17)20(21(27)24-14)22(28)26-8-9-29-18(12-23)13-26/h6-7,10-11,18H,2-5,8-9,13H2,1H3,(H2,24,25,27). The maximum Gasteiger partial charge on any atom is 0.263 e. The van der Waals surface area contributed by atoms with E-state index in [1.54, 1.807) is 13.0 Å². The SMILES string of the molecule is Cc1cc(Nc2ccc3c(c2)CCCC3)c(C(=O)N2CCOC(C#N)C2)c(=O)[nH]1. The zero-order valence-electron chi connectivity index (χ0n) is 16.5. The molecule has 4 rings (SSSR count). The number of hydrogen-bond acceptors (Lipinski definition) is 5. The van der Waals surface area contributed by atoms with Gasteiger partial charge in [-0.05, 0) is 61.9 Å². The van der Waals surface area contributed by atoms with Crippen molar-refractivity contribution in [2.45, 2.75) is 38.7 Å². The maximum atomic E-state index is 13.1. The molecule has 7 heteroatoms. The second-order valence-electron chi connectivity index (χ2n) is 7.63. The Bertz CT molecular complexity index is 1040. The number of ether oxygens (including phenoxy) is 1. The highest BCUT2D eigenvalue weighted by atomic mass is 16.5. The summed E-state index contributed by atoms with van der Waals surface area (Å²) in [4.78, 5) is 30.0. The van der Waals surface area contributed by atoms with Crippen molar-refractivity contribution in [2.75, 3.05) is 25.0 Å². The third-order valence-electron chi connectivity index (χ3n) is 5.51. The molecule has 0 bridgehead atoms. The molecular weight excluding hydrogens is 368 g/mol. The molecule has 150 valence electrons. The van der Waals surface area contributed by atoms with Crippen LogP contribution in [0.2, 0.25) is 0 Å². The number of hydrogen-bond donors (Lipinski definition) is 2. The van der Waals surface area contributed by atoms with Crippen LogP contribution in [0, 0.1) is 18.3 Å². The molecule has 1 fully saturated rings. The fraction of sp³-hybridized carbons (Fsp3) is 0.409. The van der Waals surface area contributed by atoms with E-state index >= 15 is 0 Å². The number of nitrogens with zero attached hydrogens (tertiary/aromatic N) is 2. The Morgan fingerprint density at radius 3 is 2.86 bits per heavy atom. The number of anilines is 2. The van der Waals surface area contributed by atoms with Gasteiger partial charge in [0.1, 0.15) is 5.56 Å². The molecule has 7 nitrogen and oxygen atoms in total. The van der Waals surface area contributed by atoms with Crippen LogP contribution in [0.4, 0.5) is 11.4 Å². The molecule has 1 unspecified atom stereocenters. The number of aryl methyl sites for hydroxylation is 3. The molecule has 2 N–H and O–H groups in total. The first-order valence-corrected chi connectivity index (χ1v) is 9.98. The van der Waals surface area contributed by atoms with Crippen molar-refractivity contribution in [1.82, 2.24) is 9.88 Å². The number of H-pyrrole nitrogens is 1. The van der Waals surface area contributed by atoms with Crippen LogP contribution < -0.4 is 10.9 Å². The largest absolute Gasteiger partial charge is 0.360 e. The highest BCUT2D eigenvalue weighted by Crippen LogP contribution is 2.27. The number of carbonyl (C=O) groups excluding carboxylic acids is 1. The molecular formula is C22H24N4O3. The number of aromatic amines is 1. The van der Waals surface area contributed by atoms with E-state index in [0.29, 0.717) is 17.9 Å². The monoisotopic (exact) mass is 392 g/mol. The zero-order valence-corrected chi connectivity index (χ0v) is 16.5. The number of aromatic nitrogens is 1. The molecule has 1 aromatic heterocycles. The van der Waals surface area contributed by atoms with Crippen LogP contribution in [-0.4, -0.2) is 41.6 Å². The van der Waals surface area contributed by atoms with Crippen LogP contribution in [0.1, 0.15) is 40.0 Å². The molecule has 1 atom stereocenters. The van der Waals surface area contributed by atoms with Gasteiger partial charge in [0.05, 0.1) is 24.9 Å². The molecule has 29 heavy (non-hydrogen) atoms. The van der Waals surface area contributed by atoms with Crippen LogP contribution in [0.25, 0.3) is 0 Å². The summed E-state index contributed by atoms with van der Waals surface area (Å²) in [6.07, 6.45) is 3.87. The zero-order chi connectivity index (χ0) is 20.4. The highest BCUT2D eigenvalue weighted by molar-refractivity contribution is 6.00. The third-order valence-corrected chi connectivity index (χ3v) is 5.51. The molecule has 2 heterocycles. The summed E-state index contributed by atoms with van der Waals surface area (Å²) in [5.41, 5.74) is 4.33. The smallest absolute Gasteiger partial charge is 0.263 e. The average molecular weight is 392 g/mol. The topological polar surface area (TPSA) is 98.2 Å². The van der Waals surface area contributed by atoms with E-state index in [2.05, 4.69) is 22.4 Å². The summed E-state index contributed by atoms with van der Waals surface area (Å²) in [5.74, 6) is -0.393. The Morgan fingerprint density at radius 1 is 1.28 bits per heavy atom. The summed E-state index contributed by atoms with van der Waals surface area (Å²) in [6, 6.07) is 10.0. The predicted octanol–water partition coefficient (Wildman–Crippen LogP) is 2.67. The number of nitriles is 1. The van der Waals surface area contributed by atoms with E-state index in [1.165, 1.54) is 28.9 Å². The summed E-state index contributed by atoms with van der Waals surface area (Å²) < 4.78 is 5.31. The van der Waals surface area contributed by atoms with E-state index in [-0.39, 0.29) is 18.7 Å². The molecule has 0 saturated carbocycles. The van der Waals surface area contributed by atoms with Gasteiger partial charge in [0.15, 0.2) is 6.10 Å². The normalized spacial score (nSPS) is 18.6. The number of rotatable bonds is 3. The van der Waals surface area contributed by atoms with E-state index < -0.39 is 17.6 Å². The van der Waals surface area contributed by atoms with Crippen molar-refractivity contribution in [3.63, 3.8) is 0 Å². The summed E-state index contributed by atoms with van der Waals surface area (Å²) in [5, 5.41) is 12.4. The number of benzene rings is 1. The van der Waals surface area contributed by atoms with Gasteiger partial charge >= 0.3 is 0 Å². The van der Waals surface area contributed by atoms with Crippen LogP contribution in [0.5, 0.6) is 0 Å². The molecule has 2 aromatic rings. The van der Waals surface area contributed by atoms with Crippen LogP contribution in [0.15, 0.2) is 29.1 Å². The lowest BCUT2D eigenvalue weighted by molar-refractivity contribution is 0.00343.